The van der Waals surface area contributed by atoms with E-state index in [1.54, 1.807) is 48.5 Å². The zero-order valence-electron chi connectivity index (χ0n) is 15.7. The highest BCUT2D eigenvalue weighted by atomic mass is 16.6. The van der Waals surface area contributed by atoms with Gasteiger partial charge in [0.25, 0.3) is 0 Å². The third kappa shape index (κ3) is 5.11. The molecule has 0 aliphatic heterocycles. The van der Waals surface area contributed by atoms with Crippen LogP contribution in [0.2, 0.25) is 0 Å². The van der Waals surface area contributed by atoms with Gasteiger partial charge >= 0.3 is 11.9 Å². The average molecular weight is 381 g/mol. The molecule has 2 rings (SSSR count). The summed E-state index contributed by atoms with van der Waals surface area (Å²) in [5, 5.41) is 9.50. The van der Waals surface area contributed by atoms with Crippen LogP contribution in [0, 0.1) is 11.3 Å². The van der Waals surface area contributed by atoms with Crippen LogP contribution in [0.1, 0.15) is 21.5 Å². The lowest BCUT2D eigenvalue weighted by Gasteiger charge is -2.10. The van der Waals surface area contributed by atoms with E-state index in [4.69, 9.17) is 9.47 Å². The van der Waals surface area contributed by atoms with Crippen molar-refractivity contribution in [1.82, 2.24) is 0 Å². The molecule has 0 aliphatic carbocycles. The van der Waals surface area contributed by atoms with Gasteiger partial charge in [-0.05, 0) is 41.5 Å². The van der Waals surface area contributed by atoms with Crippen molar-refractivity contribution in [3.8, 4) is 17.6 Å². The molecule has 0 atom stereocenters. The van der Waals surface area contributed by atoms with E-state index < -0.39 is 11.9 Å². The minimum atomic E-state index is -0.506. The Labute approximate surface area is 162 Å². The average Bonchev–Trinajstić information content (AvgIpc) is 2.75. The molecule has 7 nitrogen and oxygen atoms in total. The molecule has 0 bridgehead atoms. The number of ether oxygens (including phenoxy) is 4. The van der Waals surface area contributed by atoms with Crippen molar-refractivity contribution in [3.05, 3.63) is 59.2 Å². The smallest absolute Gasteiger partial charge is 0.343 e. The third-order valence-corrected chi connectivity index (χ3v) is 3.81. The molecule has 0 amide bonds. The molecule has 0 saturated carbocycles. The Kier molecular flexibility index (Phi) is 7.17. The molecule has 0 aliphatic rings. The number of carbonyl (C=O) groups excluding carboxylic acids is 2. The number of allylic oxidation sites excluding steroid dienone is 1. The first-order valence-electron chi connectivity index (χ1n) is 8.20. The first-order valence-corrected chi connectivity index (χ1v) is 8.20. The Bertz CT molecular complexity index is 925. The summed E-state index contributed by atoms with van der Waals surface area (Å²) in [5.41, 5.74) is 2.16. The van der Waals surface area contributed by atoms with E-state index in [-0.39, 0.29) is 6.61 Å². The molecule has 0 fully saturated rings. The molecule has 7 heteroatoms. The lowest BCUT2D eigenvalue weighted by Crippen LogP contribution is -2.12. The van der Waals surface area contributed by atoms with Crippen molar-refractivity contribution in [2.24, 2.45) is 0 Å². The quantitative estimate of drug-likeness (QED) is 0.413. The summed E-state index contributed by atoms with van der Waals surface area (Å²) < 4.78 is 19.9. The van der Waals surface area contributed by atoms with Crippen molar-refractivity contribution >= 4 is 23.6 Å². The van der Waals surface area contributed by atoms with E-state index in [2.05, 4.69) is 15.5 Å². The lowest BCUT2D eigenvalue weighted by atomic mass is 10.0. The third-order valence-electron chi connectivity index (χ3n) is 3.81. The number of carbonyl (C=O) groups is 2. The van der Waals surface area contributed by atoms with Crippen LogP contribution < -0.4 is 9.47 Å². The summed E-state index contributed by atoms with van der Waals surface area (Å²) >= 11 is 0. The van der Waals surface area contributed by atoms with Crippen LogP contribution in [-0.4, -0.2) is 39.9 Å². The zero-order valence-corrected chi connectivity index (χ0v) is 15.7. The zero-order chi connectivity index (χ0) is 20.5. The predicted molar refractivity (Wildman–Crippen MR) is 102 cm³/mol. The minimum Gasteiger partial charge on any atom is -0.493 e. The number of hydrogen-bond donors (Lipinski definition) is 0. The van der Waals surface area contributed by atoms with Crippen molar-refractivity contribution in [3.63, 3.8) is 0 Å². The summed E-state index contributed by atoms with van der Waals surface area (Å²) in [6, 6.07) is 13.7. The summed E-state index contributed by atoms with van der Waals surface area (Å²) in [6.45, 7) is -0.238. The largest absolute Gasteiger partial charge is 0.493 e. The van der Waals surface area contributed by atoms with Gasteiger partial charge in [-0.3, -0.25) is 0 Å². The molecule has 28 heavy (non-hydrogen) atoms. The van der Waals surface area contributed by atoms with Crippen molar-refractivity contribution in [2.45, 2.75) is 0 Å². The van der Waals surface area contributed by atoms with Gasteiger partial charge in [-0.2, -0.15) is 5.26 Å². The molecule has 0 heterocycles. The minimum absolute atomic E-state index is 0.238. The standard InChI is InChI=1S/C21H19NO6/c1-25-19-11-14(4-9-18(19)28-13-20(23)26-2)10-17(12-22)15-5-7-16(8-6-15)21(24)27-3/h4-11H,13H2,1-3H3. The number of methoxy groups -OCH3 is 3. The summed E-state index contributed by atoms with van der Waals surface area (Å²) in [6.07, 6.45) is 1.68. The highest BCUT2D eigenvalue weighted by Gasteiger charge is 2.10. The molecular formula is C21H19NO6. The predicted octanol–water partition coefficient (Wildman–Crippen LogP) is 3.10. The maximum Gasteiger partial charge on any atom is 0.343 e. The fourth-order valence-electron chi connectivity index (χ4n) is 2.34. The van der Waals surface area contributed by atoms with Crippen LogP contribution in [0.3, 0.4) is 0 Å². The Hall–Kier alpha value is -3.79. The van der Waals surface area contributed by atoms with Gasteiger partial charge in [0.2, 0.25) is 0 Å². The van der Waals surface area contributed by atoms with E-state index in [0.717, 1.165) is 0 Å². The Balaban J connectivity index is 2.27. The van der Waals surface area contributed by atoms with Gasteiger partial charge in [0.1, 0.15) is 0 Å². The summed E-state index contributed by atoms with van der Waals surface area (Å²) in [5.74, 6) is -0.156. The molecule has 0 N–H and O–H groups in total. The molecule has 0 spiro atoms. The van der Waals surface area contributed by atoms with Gasteiger partial charge in [0.05, 0.1) is 38.5 Å². The SMILES string of the molecule is COC(=O)COc1ccc(C=C(C#N)c2ccc(C(=O)OC)cc2)cc1OC. The number of esters is 2. The molecule has 144 valence electrons. The fourth-order valence-corrected chi connectivity index (χ4v) is 2.34. The number of nitriles is 1. The topological polar surface area (TPSA) is 94.9 Å². The van der Waals surface area contributed by atoms with Crippen LogP contribution in [0.15, 0.2) is 42.5 Å². The Morgan fingerprint density at radius 1 is 0.964 bits per heavy atom. The van der Waals surface area contributed by atoms with Crippen molar-refractivity contribution in [1.29, 1.82) is 5.26 Å². The van der Waals surface area contributed by atoms with E-state index in [0.29, 0.717) is 33.8 Å². The van der Waals surface area contributed by atoms with Gasteiger partial charge in [-0.15, -0.1) is 0 Å². The number of benzene rings is 2. The first kappa shape index (κ1) is 20.5. The lowest BCUT2D eigenvalue weighted by molar-refractivity contribution is -0.142. The molecule has 0 unspecified atom stereocenters. The van der Waals surface area contributed by atoms with Gasteiger partial charge in [0, 0.05) is 0 Å². The molecule has 2 aromatic rings. The normalized spacial score (nSPS) is 10.6. The molecule has 0 radical (unpaired) electrons. The second-order valence-electron chi connectivity index (χ2n) is 5.51. The van der Waals surface area contributed by atoms with Crippen LogP contribution in [0.4, 0.5) is 0 Å². The van der Waals surface area contributed by atoms with Crippen molar-refractivity contribution in [2.75, 3.05) is 27.9 Å². The molecule has 2 aromatic carbocycles. The van der Waals surface area contributed by atoms with Crippen LogP contribution >= 0.6 is 0 Å². The van der Waals surface area contributed by atoms with Crippen LogP contribution in [0.5, 0.6) is 11.5 Å². The molecule has 0 aromatic heterocycles. The van der Waals surface area contributed by atoms with Crippen LogP contribution in [0.25, 0.3) is 11.6 Å². The van der Waals surface area contributed by atoms with Gasteiger partial charge < -0.3 is 18.9 Å². The monoisotopic (exact) mass is 381 g/mol. The number of hydrogen-bond acceptors (Lipinski definition) is 7. The van der Waals surface area contributed by atoms with E-state index in [9.17, 15) is 14.9 Å². The maximum atomic E-state index is 11.5. The number of rotatable bonds is 7. The second kappa shape index (κ2) is 9.78. The van der Waals surface area contributed by atoms with Gasteiger partial charge in [0.15, 0.2) is 18.1 Å². The van der Waals surface area contributed by atoms with E-state index in [1.165, 1.54) is 21.3 Å². The van der Waals surface area contributed by atoms with Gasteiger partial charge in [-0.25, -0.2) is 9.59 Å². The first-order chi connectivity index (χ1) is 13.5. The Morgan fingerprint density at radius 2 is 1.64 bits per heavy atom. The Morgan fingerprint density at radius 3 is 2.21 bits per heavy atom. The highest BCUT2D eigenvalue weighted by molar-refractivity contribution is 5.92. The highest BCUT2D eigenvalue weighted by Crippen LogP contribution is 2.30. The van der Waals surface area contributed by atoms with Crippen LogP contribution in [-0.2, 0) is 14.3 Å². The summed E-state index contributed by atoms with van der Waals surface area (Å²) in [4.78, 5) is 22.7. The number of nitrogens with zero attached hydrogens (tertiary/aromatic N) is 1. The molecule has 0 saturated heterocycles. The fraction of sp³-hybridized carbons (Fsp3) is 0.190. The van der Waals surface area contributed by atoms with Gasteiger partial charge in [-0.1, -0.05) is 18.2 Å². The maximum absolute atomic E-state index is 11.5. The molecular weight excluding hydrogens is 362 g/mol. The van der Waals surface area contributed by atoms with Crippen molar-refractivity contribution < 1.29 is 28.5 Å². The summed E-state index contributed by atoms with van der Waals surface area (Å²) in [7, 11) is 4.06. The second-order valence-corrected chi connectivity index (χ2v) is 5.51. The van der Waals surface area contributed by atoms with E-state index >= 15 is 0 Å². The van der Waals surface area contributed by atoms with E-state index in [1.807, 2.05) is 0 Å².